The number of benzene rings is 1. The first kappa shape index (κ1) is 16.0. The summed E-state index contributed by atoms with van der Waals surface area (Å²) in [5.74, 6) is -1.35. The number of aryl methyl sites for hydroxylation is 1. The maximum absolute atomic E-state index is 12.4. The number of likely N-dealkylation sites (tertiary alicyclic amines) is 1. The van der Waals surface area contributed by atoms with Crippen molar-refractivity contribution in [3.8, 4) is 0 Å². The molecule has 8 nitrogen and oxygen atoms in total. The summed E-state index contributed by atoms with van der Waals surface area (Å²) in [4.78, 5) is 49.1. The lowest BCUT2D eigenvalue weighted by Gasteiger charge is -2.21. The van der Waals surface area contributed by atoms with Gasteiger partial charge in [0.25, 0.3) is 11.1 Å². The molecule has 1 fully saturated rings. The van der Waals surface area contributed by atoms with E-state index in [-0.39, 0.29) is 24.4 Å². The largest absolute Gasteiger partial charge is 0.480 e. The van der Waals surface area contributed by atoms with Gasteiger partial charge in [-0.1, -0.05) is 12.1 Å². The van der Waals surface area contributed by atoms with Crippen molar-refractivity contribution in [3.05, 3.63) is 45.0 Å². The average molecular weight is 331 g/mol. The Morgan fingerprint density at radius 2 is 1.92 bits per heavy atom. The number of nitrogens with one attached hydrogen (secondary N) is 1. The van der Waals surface area contributed by atoms with E-state index in [0.717, 1.165) is 4.68 Å². The number of nitrogens with zero attached hydrogens (tertiary/aromatic N) is 2. The van der Waals surface area contributed by atoms with Gasteiger partial charge in [0.05, 0.1) is 17.3 Å². The quantitative estimate of drug-likeness (QED) is 0.828. The second kappa shape index (κ2) is 6.31. The van der Waals surface area contributed by atoms with Crippen LogP contribution in [0.1, 0.15) is 19.3 Å². The number of aliphatic carboxylic acids is 1. The Balaban J connectivity index is 1.80. The molecule has 1 aromatic heterocycles. The Kier molecular flexibility index (Phi) is 4.20. The SMILES string of the molecule is O=C(O)[C@@H]1CCCN1C(=O)CCn1[nH]c(=O)c2ccccc2c1=O. The second-order valence-electron chi connectivity index (χ2n) is 5.78. The molecular formula is C16H17N3O5. The van der Waals surface area contributed by atoms with Crippen LogP contribution in [0.5, 0.6) is 0 Å². The molecule has 8 heteroatoms. The number of amides is 1. The predicted octanol–water partition coefficient (Wildman–Crippen LogP) is 0.155. The summed E-state index contributed by atoms with van der Waals surface area (Å²) in [6, 6.07) is 5.66. The molecule has 1 aliphatic heterocycles. The molecule has 0 aliphatic carbocycles. The first-order valence-electron chi connectivity index (χ1n) is 7.73. The van der Waals surface area contributed by atoms with Crippen molar-refractivity contribution in [2.75, 3.05) is 6.54 Å². The fraction of sp³-hybridized carbons (Fsp3) is 0.375. The summed E-state index contributed by atoms with van der Waals surface area (Å²) in [5.41, 5.74) is -0.781. The van der Waals surface area contributed by atoms with Crippen LogP contribution in [-0.2, 0) is 16.1 Å². The molecule has 1 atom stereocenters. The fourth-order valence-corrected chi connectivity index (χ4v) is 3.08. The van der Waals surface area contributed by atoms with Crippen molar-refractivity contribution in [1.29, 1.82) is 0 Å². The number of rotatable bonds is 4. The Bertz CT molecular complexity index is 914. The minimum atomic E-state index is -1.02. The van der Waals surface area contributed by atoms with Crippen molar-refractivity contribution in [2.24, 2.45) is 0 Å². The van der Waals surface area contributed by atoms with E-state index in [0.29, 0.717) is 30.2 Å². The van der Waals surface area contributed by atoms with Gasteiger partial charge in [0, 0.05) is 13.0 Å². The summed E-state index contributed by atoms with van der Waals surface area (Å²) in [7, 11) is 0. The van der Waals surface area contributed by atoms with E-state index < -0.39 is 17.6 Å². The predicted molar refractivity (Wildman–Crippen MR) is 85.8 cm³/mol. The van der Waals surface area contributed by atoms with E-state index in [4.69, 9.17) is 5.11 Å². The Labute approximate surface area is 136 Å². The number of carboxylic acids is 1. The summed E-state index contributed by atoms with van der Waals surface area (Å²) in [6.07, 6.45) is 1.04. The van der Waals surface area contributed by atoms with E-state index in [1.807, 2.05) is 0 Å². The van der Waals surface area contributed by atoms with Gasteiger partial charge in [0.1, 0.15) is 6.04 Å². The first-order valence-corrected chi connectivity index (χ1v) is 7.73. The third-order valence-electron chi connectivity index (χ3n) is 4.29. The van der Waals surface area contributed by atoms with E-state index in [9.17, 15) is 19.2 Å². The molecule has 0 spiro atoms. The number of carbonyl (C=O) groups excluding carboxylic acids is 1. The highest BCUT2D eigenvalue weighted by atomic mass is 16.4. The molecule has 1 aromatic carbocycles. The number of aromatic amines is 1. The minimum Gasteiger partial charge on any atom is -0.480 e. The number of carbonyl (C=O) groups is 2. The van der Waals surface area contributed by atoms with Crippen LogP contribution < -0.4 is 11.1 Å². The van der Waals surface area contributed by atoms with Crippen LogP contribution in [-0.4, -0.2) is 44.3 Å². The smallest absolute Gasteiger partial charge is 0.326 e. The molecule has 2 heterocycles. The fourth-order valence-electron chi connectivity index (χ4n) is 3.08. The first-order chi connectivity index (χ1) is 11.5. The molecule has 0 saturated carbocycles. The van der Waals surface area contributed by atoms with Gasteiger partial charge in [-0.2, -0.15) is 0 Å². The minimum absolute atomic E-state index is 0.000575. The number of H-pyrrole nitrogens is 1. The Morgan fingerprint density at radius 3 is 2.62 bits per heavy atom. The van der Waals surface area contributed by atoms with Crippen LogP contribution in [0.25, 0.3) is 10.8 Å². The van der Waals surface area contributed by atoms with Gasteiger partial charge in [-0.15, -0.1) is 0 Å². The van der Waals surface area contributed by atoms with Gasteiger partial charge < -0.3 is 10.0 Å². The van der Waals surface area contributed by atoms with Crippen LogP contribution in [0.4, 0.5) is 0 Å². The maximum Gasteiger partial charge on any atom is 0.326 e. The normalized spacial score (nSPS) is 17.3. The van der Waals surface area contributed by atoms with E-state index in [1.165, 1.54) is 4.90 Å². The number of hydrogen-bond donors (Lipinski definition) is 2. The molecule has 2 aromatic rings. The summed E-state index contributed by atoms with van der Waals surface area (Å²) in [6.45, 7) is 0.402. The maximum atomic E-state index is 12.4. The van der Waals surface area contributed by atoms with Crippen molar-refractivity contribution in [1.82, 2.24) is 14.7 Å². The van der Waals surface area contributed by atoms with Crippen molar-refractivity contribution in [3.63, 3.8) is 0 Å². The molecule has 3 rings (SSSR count). The van der Waals surface area contributed by atoms with Crippen LogP contribution in [0, 0.1) is 0 Å². The van der Waals surface area contributed by atoms with Gasteiger partial charge in [0.2, 0.25) is 5.91 Å². The number of hydrogen-bond acceptors (Lipinski definition) is 4. The molecule has 0 unspecified atom stereocenters. The lowest BCUT2D eigenvalue weighted by molar-refractivity contribution is -0.148. The Morgan fingerprint density at radius 1 is 1.21 bits per heavy atom. The second-order valence-corrected chi connectivity index (χ2v) is 5.78. The number of carboxylic acid groups (broad SMARTS) is 1. The summed E-state index contributed by atoms with van der Waals surface area (Å²) >= 11 is 0. The van der Waals surface area contributed by atoms with Crippen molar-refractivity contribution < 1.29 is 14.7 Å². The molecule has 0 bridgehead atoms. The topological polar surface area (TPSA) is 112 Å². The monoisotopic (exact) mass is 331 g/mol. The zero-order valence-electron chi connectivity index (χ0n) is 12.9. The van der Waals surface area contributed by atoms with Crippen molar-refractivity contribution >= 4 is 22.6 Å². The highest BCUT2D eigenvalue weighted by Crippen LogP contribution is 2.18. The van der Waals surface area contributed by atoms with E-state index in [2.05, 4.69) is 5.10 Å². The zero-order chi connectivity index (χ0) is 17.3. The van der Waals surface area contributed by atoms with Gasteiger partial charge in [-0.25, -0.2) is 9.48 Å². The van der Waals surface area contributed by atoms with E-state index in [1.54, 1.807) is 24.3 Å². The third kappa shape index (κ3) is 2.82. The third-order valence-corrected chi connectivity index (χ3v) is 4.29. The zero-order valence-corrected chi connectivity index (χ0v) is 12.9. The standard InChI is InChI=1S/C16H17N3O5/c20-13(18-8-3-6-12(18)16(23)24)7-9-19-15(22)11-5-2-1-4-10(11)14(21)17-19/h1-2,4-5,12H,3,6-9H2,(H,17,21)(H,23,24)/t12-/m0/s1. The van der Waals surface area contributed by atoms with Gasteiger partial charge in [0.15, 0.2) is 0 Å². The number of aromatic nitrogens is 2. The van der Waals surface area contributed by atoms with Gasteiger partial charge >= 0.3 is 5.97 Å². The van der Waals surface area contributed by atoms with Crippen LogP contribution in [0.15, 0.2) is 33.9 Å². The van der Waals surface area contributed by atoms with E-state index >= 15 is 0 Å². The molecule has 1 saturated heterocycles. The molecule has 126 valence electrons. The van der Waals surface area contributed by atoms with Crippen LogP contribution in [0.3, 0.4) is 0 Å². The van der Waals surface area contributed by atoms with Crippen molar-refractivity contribution in [2.45, 2.75) is 31.8 Å². The molecule has 0 radical (unpaired) electrons. The summed E-state index contributed by atoms with van der Waals surface area (Å²) < 4.78 is 1.11. The Hall–Kier alpha value is -2.90. The molecule has 24 heavy (non-hydrogen) atoms. The molecular weight excluding hydrogens is 314 g/mol. The molecule has 2 N–H and O–H groups in total. The molecule has 1 amide bonds. The average Bonchev–Trinajstić information content (AvgIpc) is 3.06. The molecule has 1 aliphatic rings. The highest BCUT2D eigenvalue weighted by Gasteiger charge is 2.33. The highest BCUT2D eigenvalue weighted by molar-refractivity contribution is 5.84. The summed E-state index contributed by atoms with van der Waals surface area (Å²) in [5, 5.41) is 12.2. The van der Waals surface area contributed by atoms with Crippen LogP contribution >= 0.6 is 0 Å². The lowest BCUT2D eigenvalue weighted by Crippen LogP contribution is -2.41. The number of fused-ring (bicyclic) bond motifs is 1. The lowest BCUT2D eigenvalue weighted by atomic mass is 10.2. The van der Waals surface area contributed by atoms with Gasteiger partial charge in [-0.3, -0.25) is 19.5 Å². The van der Waals surface area contributed by atoms with Crippen LogP contribution in [0.2, 0.25) is 0 Å². The van der Waals surface area contributed by atoms with Gasteiger partial charge in [-0.05, 0) is 25.0 Å².